The second-order valence-corrected chi connectivity index (χ2v) is 5.97. The van der Waals surface area contributed by atoms with Gasteiger partial charge in [0.05, 0.1) is 0 Å². The van der Waals surface area contributed by atoms with E-state index in [1.807, 2.05) is 31.2 Å². The van der Waals surface area contributed by atoms with Gasteiger partial charge in [-0.25, -0.2) is 0 Å². The number of anilines is 1. The summed E-state index contributed by atoms with van der Waals surface area (Å²) in [5, 5.41) is 7.17. The predicted molar refractivity (Wildman–Crippen MR) is 92.6 cm³/mol. The third-order valence-electron chi connectivity index (χ3n) is 3.15. The summed E-state index contributed by atoms with van der Waals surface area (Å²) in [5.74, 6) is 0.00111. The molecule has 1 amide bonds. The number of carbonyl (C=O) groups excluding carboxylic acids is 1. The zero-order valence-corrected chi connectivity index (χ0v) is 13.8. The topological polar surface area (TPSA) is 41.1 Å². The number of hydrogen-bond acceptors (Lipinski definition) is 2. The van der Waals surface area contributed by atoms with Crippen molar-refractivity contribution >= 4 is 34.8 Å². The van der Waals surface area contributed by atoms with Gasteiger partial charge in [-0.3, -0.25) is 4.79 Å². The molecule has 116 valence electrons. The molecule has 0 aliphatic rings. The van der Waals surface area contributed by atoms with Crippen molar-refractivity contribution in [2.75, 3.05) is 11.9 Å². The molecule has 0 saturated carbocycles. The summed E-state index contributed by atoms with van der Waals surface area (Å²) in [4.78, 5) is 11.8. The minimum Gasteiger partial charge on any atom is -0.384 e. The smallest absolute Gasteiger partial charge is 0.222 e. The van der Waals surface area contributed by atoms with E-state index in [-0.39, 0.29) is 5.91 Å². The van der Waals surface area contributed by atoms with Crippen LogP contribution in [0.15, 0.2) is 42.5 Å². The Kier molecular flexibility index (Phi) is 6.10. The Morgan fingerprint density at radius 2 is 1.68 bits per heavy atom. The minimum absolute atomic E-state index is 0.00111. The van der Waals surface area contributed by atoms with Crippen LogP contribution in [0.25, 0.3) is 0 Å². The van der Waals surface area contributed by atoms with Crippen LogP contribution in [-0.4, -0.2) is 12.5 Å². The molecular weight excluding hydrogens is 319 g/mol. The van der Waals surface area contributed by atoms with Crippen molar-refractivity contribution in [2.45, 2.75) is 19.9 Å². The van der Waals surface area contributed by atoms with Crippen molar-refractivity contribution in [1.29, 1.82) is 0 Å². The maximum atomic E-state index is 11.8. The maximum Gasteiger partial charge on any atom is 0.222 e. The average molecular weight is 337 g/mol. The van der Waals surface area contributed by atoms with E-state index in [9.17, 15) is 4.79 Å². The fraction of sp³-hybridized carbons (Fsp3) is 0.235. The zero-order chi connectivity index (χ0) is 15.9. The number of halogens is 2. The summed E-state index contributed by atoms with van der Waals surface area (Å²) in [6.45, 7) is 3.11. The van der Waals surface area contributed by atoms with E-state index in [0.717, 1.165) is 11.3 Å². The fourth-order valence-electron chi connectivity index (χ4n) is 1.97. The van der Waals surface area contributed by atoms with Gasteiger partial charge in [0, 0.05) is 35.2 Å². The van der Waals surface area contributed by atoms with E-state index >= 15 is 0 Å². The third-order valence-corrected chi connectivity index (χ3v) is 3.59. The van der Waals surface area contributed by atoms with E-state index in [1.54, 1.807) is 18.2 Å². The number of amides is 1. The van der Waals surface area contributed by atoms with E-state index in [0.29, 0.717) is 29.6 Å². The summed E-state index contributed by atoms with van der Waals surface area (Å²) < 4.78 is 0. The van der Waals surface area contributed by atoms with Crippen molar-refractivity contribution in [2.24, 2.45) is 0 Å². The number of aryl methyl sites for hydroxylation is 1. The molecule has 0 aliphatic heterocycles. The molecule has 0 aromatic heterocycles. The zero-order valence-electron chi connectivity index (χ0n) is 12.3. The van der Waals surface area contributed by atoms with E-state index in [2.05, 4.69) is 10.6 Å². The Hall–Kier alpha value is -1.71. The molecule has 0 atom stereocenters. The summed E-state index contributed by atoms with van der Waals surface area (Å²) in [5.41, 5.74) is 3.11. The van der Waals surface area contributed by atoms with Gasteiger partial charge in [-0.15, -0.1) is 0 Å². The first-order valence-electron chi connectivity index (χ1n) is 7.05. The molecule has 2 rings (SSSR count). The highest BCUT2D eigenvalue weighted by molar-refractivity contribution is 6.35. The Bertz CT molecular complexity index is 621. The summed E-state index contributed by atoms with van der Waals surface area (Å²) in [6.07, 6.45) is 0.385. The van der Waals surface area contributed by atoms with Crippen LogP contribution in [0.3, 0.4) is 0 Å². The van der Waals surface area contributed by atoms with Crippen LogP contribution >= 0.6 is 23.2 Å². The lowest BCUT2D eigenvalue weighted by Crippen LogP contribution is -2.24. The van der Waals surface area contributed by atoms with E-state index in [1.165, 1.54) is 5.56 Å². The van der Waals surface area contributed by atoms with Gasteiger partial charge in [0.15, 0.2) is 0 Å². The average Bonchev–Trinajstić information content (AvgIpc) is 2.46. The Labute approximate surface area is 140 Å². The van der Waals surface area contributed by atoms with Crippen molar-refractivity contribution in [3.8, 4) is 0 Å². The number of hydrogen-bond donors (Lipinski definition) is 2. The van der Waals surface area contributed by atoms with Crippen LogP contribution in [-0.2, 0) is 11.3 Å². The van der Waals surface area contributed by atoms with Gasteiger partial charge in [0.1, 0.15) is 0 Å². The number of nitrogens with one attached hydrogen (secondary N) is 2. The molecule has 0 spiro atoms. The lowest BCUT2D eigenvalue weighted by atomic mass is 10.1. The van der Waals surface area contributed by atoms with Gasteiger partial charge in [-0.05, 0) is 30.7 Å². The number of rotatable bonds is 6. The third kappa shape index (κ3) is 5.58. The number of carbonyl (C=O) groups is 1. The van der Waals surface area contributed by atoms with Crippen molar-refractivity contribution in [3.05, 3.63) is 63.6 Å². The van der Waals surface area contributed by atoms with Gasteiger partial charge < -0.3 is 10.6 Å². The van der Waals surface area contributed by atoms with Crippen LogP contribution in [0.1, 0.15) is 17.5 Å². The Balaban J connectivity index is 1.72. The first kappa shape index (κ1) is 16.7. The molecule has 0 saturated heterocycles. The number of benzene rings is 2. The van der Waals surface area contributed by atoms with Gasteiger partial charge >= 0.3 is 0 Å². The quantitative estimate of drug-likeness (QED) is 0.819. The van der Waals surface area contributed by atoms with E-state index < -0.39 is 0 Å². The van der Waals surface area contributed by atoms with E-state index in [4.69, 9.17) is 23.2 Å². The molecule has 0 fully saturated rings. The molecule has 0 aliphatic carbocycles. The molecule has 0 bridgehead atoms. The monoisotopic (exact) mass is 336 g/mol. The van der Waals surface area contributed by atoms with Crippen LogP contribution in [0.2, 0.25) is 10.0 Å². The Morgan fingerprint density at radius 1 is 1.05 bits per heavy atom. The second-order valence-electron chi connectivity index (χ2n) is 5.10. The highest BCUT2D eigenvalue weighted by Crippen LogP contribution is 2.22. The van der Waals surface area contributed by atoms with Gasteiger partial charge in [0.25, 0.3) is 0 Å². The minimum atomic E-state index is 0.00111. The molecule has 0 unspecified atom stereocenters. The molecule has 0 radical (unpaired) electrons. The molecule has 2 aromatic carbocycles. The Morgan fingerprint density at radius 3 is 2.32 bits per heavy atom. The van der Waals surface area contributed by atoms with Gasteiger partial charge in [0.2, 0.25) is 5.91 Å². The normalized spacial score (nSPS) is 10.3. The second kappa shape index (κ2) is 8.06. The first-order valence-corrected chi connectivity index (χ1v) is 7.81. The molecule has 2 aromatic rings. The largest absolute Gasteiger partial charge is 0.384 e. The SMILES string of the molecule is Cc1ccc(CNC(=O)CCNc2cc(Cl)cc(Cl)c2)cc1. The molecular formula is C17H18Cl2N2O. The molecule has 0 heterocycles. The molecule has 5 heteroatoms. The lowest BCUT2D eigenvalue weighted by Gasteiger charge is -2.08. The summed E-state index contributed by atoms with van der Waals surface area (Å²) >= 11 is 11.8. The van der Waals surface area contributed by atoms with Gasteiger partial charge in [-0.1, -0.05) is 53.0 Å². The molecule has 2 N–H and O–H groups in total. The highest BCUT2D eigenvalue weighted by Gasteiger charge is 2.02. The maximum absolute atomic E-state index is 11.8. The van der Waals surface area contributed by atoms with Crippen LogP contribution in [0.5, 0.6) is 0 Å². The van der Waals surface area contributed by atoms with Crippen molar-refractivity contribution in [3.63, 3.8) is 0 Å². The first-order chi connectivity index (χ1) is 10.5. The standard InChI is InChI=1S/C17H18Cl2N2O/c1-12-2-4-13(5-3-12)11-21-17(22)6-7-20-16-9-14(18)8-15(19)10-16/h2-5,8-10,20H,6-7,11H2,1H3,(H,21,22). The van der Waals surface area contributed by atoms with Crippen LogP contribution in [0, 0.1) is 6.92 Å². The fourth-order valence-corrected chi connectivity index (χ4v) is 2.50. The predicted octanol–water partition coefficient (Wildman–Crippen LogP) is 4.42. The van der Waals surface area contributed by atoms with Crippen molar-refractivity contribution in [1.82, 2.24) is 5.32 Å². The van der Waals surface area contributed by atoms with Gasteiger partial charge in [-0.2, -0.15) is 0 Å². The molecule has 22 heavy (non-hydrogen) atoms. The van der Waals surface area contributed by atoms with Crippen LogP contribution < -0.4 is 10.6 Å². The summed E-state index contributed by atoms with van der Waals surface area (Å²) in [6, 6.07) is 13.3. The van der Waals surface area contributed by atoms with Crippen LogP contribution in [0.4, 0.5) is 5.69 Å². The molecule has 3 nitrogen and oxygen atoms in total. The lowest BCUT2D eigenvalue weighted by molar-refractivity contribution is -0.121. The van der Waals surface area contributed by atoms with Crippen molar-refractivity contribution < 1.29 is 4.79 Å². The summed E-state index contributed by atoms with van der Waals surface area (Å²) in [7, 11) is 0. The highest BCUT2D eigenvalue weighted by atomic mass is 35.5.